The number of benzene rings is 1. The lowest BCUT2D eigenvalue weighted by molar-refractivity contribution is -0.125. The van der Waals surface area contributed by atoms with Gasteiger partial charge in [0.2, 0.25) is 5.91 Å². The molecule has 1 fully saturated rings. The zero-order valence-electron chi connectivity index (χ0n) is 13.5. The molecule has 7 heteroatoms. The Morgan fingerprint density at radius 3 is 2.64 bits per heavy atom. The van der Waals surface area contributed by atoms with Crippen LogP contribution >= 0.6 is 11.3 Å². The number of aromatic nitrogens is 2. The van der Waals surface area contributed by atoms with E-state index in [1.165, 1.54) is 0 Å². The van der Waals surface area contributed by atoms with Crippen molar-refractivity contribution >= 4 is 23.3 Å². The van der Waals surface area contributed by atoms with E-state index in [1.54, 1.807) is 11.3 Å². The topological polar surface area (TPSA) is 77.3 Å². The van der Waals surface area contributed by atoms with Crippen LogP contribution in [0.25, 0.3) is 11.5 Å². The van der Waals surface area contributed by atoms with Gasteiger partial charge in [-0.1, -0.05) is 35.4 Å². The quantitative estimate of drug-likeness (QED) is 0.775. The van der Waals surface area contributed by atoms with E-state index in [0.29, 0.717) is 31.9 Å². The normalized spacial score (nSPS) is 16.5. The van der Waals surface area contributed by atoms with Gasteiger partial charge in [0.25, 0.3) is 5.89 Å². The van der Waals surface area contributed by atoms with Crippen molar-refractivity contribution in [2.75, 3.05) is 18.5 Å². The van der Waals surface area contributed by atoms with Gasteiger partial charge in [-0.05, 0) is 29.9 Å². The lowest BCUT2D eigenvalue weighted by Gasteiger charge is -2.35. The number of anilines is 1. The van der Waals surface area contributed by atoms with Gasteiger partial charge in [0.05, 0.1) is 5.41 Å². The van der Waals surface area contributed by atoms with Gasteiger partial charge >= 0.3 is 6.01 Å². The summed E-state index contributed by atoms with van der Waals surface area (Å²) in [6.45, 7) is 1.10. The third-order valence-corrected chi connectivity index (χ3v) is 5.20. The number of nitrogens with zero attached hydrogens (tertiary/aromatic N) is 2. The molecular weight excluding hydrogens is 338 g/mol. The first-order chi connectivity index (χ1) is 12.3. The van der Waals surface area contributed by atoms with Crippen molar-refractivity contribution in [1.29, 1.82) is 0 Å². The summed E-state index contributed by atoms with van der Waals surface area (Å²) in [5.74, 6) is 0.264. The zero-order chi connectivity index (χ0) is 17.1. The summed E-state index contributed by atoms with van der Waals surface area (Å²) in [6.07, 6.45) is 1.24. The number of carbonyl (C=O) groups excluding carboxylic acids is 1. The fraction of sp³-hybridized carbons (Fsp3) is 0.278. The fourth-order valence-electron chi connectivity index (χ4n) is 3.12. The summed E-state index contributed by atoms with van der Waals surface area (Å²) in [7, 11) is 0. The molecule has 1 aliphatic heterocycles. The van der Waals surface area contributed by atoms with Crippen LogP contribution in [0.2, 0.25) is 0 Å². The molecule has 1 saturated heterocycles. The first-order valence-corrected chi connectivity index (χ1v) is 9.03. The highest BCUT2D eigenvalue weighted by Crippen LogP contribution is 2.36. The summed E-state index contributed by atoms with van der Waals surface area (Å²) in [5.41, 5.74) is 1.19. The summed E-state index contributed by atoms with van der Waals surface area (Å²) in [6, 6.07) is 11.8. The minimum atomic E-state index is -0.642. The standard InChI is InChI=1S/C18H17N3O3S/c22-16(19-17-21-20-15(24-17)13-6-11-25-12-13)18(7-9-23-10-8-18)14-4-2-1-3-5-14/h1-6,11-12H,7-10H2,(H,19,21,22). The van der Waals surface area contributed by atoms with E-state index in [2.05, 4.69) is 15.5 Å². The van der Waals surface area contributed by atoms with Crippen molar-refractivity contribution in [1.82, 2.24) is 10.2 Å². The summed E-state index contributed by atoms with van der Waals surface area (Å²) in [4.78, 5) is 13.1. The molecule has 3 heterocycles. The first-order valence-electron chi connectivity index (χ1n) is 8.09. The van der Waals surface area contributed by atoms with Gasteiger partial charge in [-0.25, -0.2) is 0 Å². The summed E-state index contributed by atoms with van der Waals surface area (Å²) in [5, 5.41) is 14.6. The highest BCUT2D eigenvalue weighted by molar-refractivity contribution is 7.08. The van der Waals surface area contributed by atoms with Gasteiger partial charge in [0.1, 0.15) is 0 Å². The maximum atomic E-state index is 13.1. The van der Waals surface area contributed by atoms with E-state index in [-0.39, 0.29) is 11.9 Å². The molecule has 0 unspecified atom stereocenters. The number of amides is 1. The van der Waals surface area contributed by atoms with Crippen molar-refractivity contribution in [3.05, 3.63) is 52.7 Å². The van der Waals surface area contributed by atoms with Crippen molar-refractivity contribution < 1.29 is 13.9 Å². The molecule has 1 aromatic carbocycles. The summed E-state index contributed by atoms with van der Waals surface area (Å²) < 4.78 is 11.1. The van der Waals surface area contributed by atoms with Crippen LogP contribution in [-0.4, -0.2) is 29.3 Å². The highest BCUT2D eigenvalue weighted by Gasteiger charge is 2.42. The van der Waals surface area contributed by atoms with Crippen LogP contribution in [0.4, 0.5) is 6.01 Å². The van der Waals surface area contributed by atoms with Crippen LogP contribution in [0.5, 0.6) is 0 Å². The van der Waals surface area contributed by atoms with Crippen molar-refractivity contribution in [3.63, 3.8) is 0 Å². The average molecular weight is 355 g/mol. The molecular formula is C18H17N3O3S. The third-order valence-electron chi connectivity index (χ3n) is 4.52. The predicted octanol–water partition coefficient (Wildman–Crippen LogP) is 3.49. The molecule has 6 nitrogen and oxygen atoms in total. The van der Waals surface area contributed by atoms with Crippen LogP contribution in [0, 0.1) is 0 Å². The largest absolute Gasteiger partial charge is 0.403 e. The number of rotatable bonds is 4. The van der Waals surface area contributed by atoms with E-state index in [9.17, 15) is 4.79 Å². The molecule has 0 saturated carbocycles. The number of ether oxygens (including phenoxy) is 1. The molecule has 1 aliphatic rings. The third kappa shape index (κ3) is 3.08. The molecule has 25 heavy (non-hydrogen) atoms. The first kappa shape index (κ1) is 16.0. The maximum absolute atomic E-state index is 13.1. The van der Waals surface area contributed by atoms with Crippen LogP contribution < -0.4 is 5.32 Å². The Bertz CT molecular complexity index is 840. The number of thiophene rings is 1. The minimum absolute atomic E-state index is 0.119. The Hall–Kier alpha value is -2.51. The van der Waals surface area contributed by atoms with Crippen LogP contribution in [-0.2, 0) is 14.9 Å². The predicted molar refractivity (Wildman–Crippen MR) is 94.4 cm³/mol. The second-order valence-corrected chi connectivity index (χ2v) is 6.72. The van der Waals surface area contributed by atoms with E-state index in [4.69, 9.17) is 9.15 Å². The van der Waals surface area contributed by atoms with E-state index in [0.717, 1.165) is 11.1 Å². The van der Waals surface area contributed by atoms with Crippen molar-refractivity contribution in [2.45, 2.75) is 18.3 Å². The smallest absolute Gasteiger partial charge is 0.322 e. The molecule has 0 spiro atoms. The van der Waals surface area contributed by atoms with Gasteiger partial charge in [-0.3, -0.25) is 10.1 Å². The molecule has 1 N–H and O–H groups in total. The highest BCUT2D eigenvalue weighted by atomic mass is 32.1. The summed E-state index contributed by atoms with van der Waals surface area (Å²) >= 11 is 1.55. The number of hydrogen-bond acceptors (Lipinski definition) is 6. The van der Waals surface area contributed by atoms with Crippen LogP contribution in [0.1, 0.15) is 18.4 Å². The molecule has 1 amide bonds. The minimum Gasteiger partial charge on any atom is -0.403 e. The molecule has 0 bridgehead atoms. The SMILES string of the molecule is O=C(Nc1nnc(-c2ccsc2)o1)C1(c2ccccc2)CCOCC1. The van der Waals surface area contributed by atoms with E-state index in [1.807, 2.05) is 47.2 Å². The van der Waals surface area contributed by atoms with Crippen molar-refractivity contribution in [2.24, 2.45) is 0 Å². The fourth-order valence-corrected chi connectivity index (χ4v) is 3.75. The van der Waals surface area contributed by atoms with Gasteiger partial charge in [-0.2, -0.15) is 11.3 Å². The molecule has 0 radical (unpaired) electrons. The van der Waals surface area contributed by atoms with Gasteiger partial charge in [0, 0.05) is 24.2 Å². The lowest BCUT2D eigenvalue weighted by atomic mass is 9.73. The second kappa shape index (κ2) is 6.78. The second-order valence-electron chi connectivity index (χ2n) is 5.94. The number of hydrogen-bond donors (Lipinski definition) is 1. The van der Waals surface area contributed by atoms with Crippen molar-refractivity contribution in [3.8, 4) is 11.5 Å². The molecule has 0 atom stereocenters. The Balaban J connectivity index is 1.59. The lowest BCUT2D eigenvalue weighted by Crippen LogP contribution is -2.44. The zero-order valence-corrected chi connectivity index (χ0v) is 14.3. The molecule has 128 valence electrons. The Morgan fingerprint density at radius 1 is 1.12 bits per heavy atom. The number of carbonyl (C=O) groups is 1. The van der Waals surface area contributed by atoms with Gasteiger partial charge < -0.3 is 9.15 Å². The Kier molecular flexibility index (Phi) is 4.33. The average Bonchev–Trinajstić information content (AvgIpc) is 3.34. The van der Waals surface area contributed by atoms with Crippen LogP contribution in [0.15, 0.2) is 51.6 Å². The maximum Gasteiger partial charge on any atom is 0.322 e. The Morgan fingerprint density at radius 2 is 1.92 bits per heavy atom. The Labute approximate surface area is 148 Å². The van der Waals surface area contributed by atoms with E-state index >= 15 is 0 Å². The monoisotopic (exact) mass is 355 g/mol. The van der Waals surface area contributed by atoms with Crippen LogP contribution in [0.3, 0.4) is 0 Å². The van der Waals surface area contributed by atoms with Gasteiger partial charge in [-0.15, -0.1) is 5.10 Å². The molecule has 4 rings (SSSR count). The van der Waals surface area contributed by atoms with Gasteiger partial charge in [0.15, 0.2) is 0 Å². The molecule has 0 aliphatic carbocycles. The molecule has 2 aromatic heterocycles. The number of nitrogens with one attached hydrogen (secondary N) is 1. The molecule has 3 aromatic rings. The van der Waals surface area contributed by atoms with E-state index < -0.39 is 5.41 Å².